The predicted octanol–water partition coefficient (Wildman–Crippen LogP) is 7.73. The van der Waals surface area contributed by atoms with Crippen LogP contribution in [0.4, 0.5) is 13.2 Å². The van der Waals surface area contributed by atoms with Crippen LogP contribution in [-0.2, 0) is 28.0 Å². The average molecular weight is 714 g/mol. The Morgan fingerprint density at radius 3 is 1.69 bits per heavy atom. The molecule has 1 fully saturated rings. The molecule has 0 aliphatic carbocycles. The Morgan fingerprint density at radius 1 is 0.792 bits per heavy atom. The first-order valence-corrected chi connectivity index (χ1v) is 20.7. The number of hydrogen-bond donors (Lipinski definition) is 1. The summed E-state index contributed by atoms with van der Waals surface area (Å²) in [6.07, 6.45) is 5.99. The van der Waals surface area contributed by atoms with Crippen LogP contribution < -0.4 is 15.7 Å². The van der Waals surface area contributed by atoms with E-state index in [0.29, 0.717) is 6.42 Å². The quantitative estimate of drug-likeness (QED) is 0.112. The highest BCUT2D eigenvalue weighted by Gasteiger charge is 2.53. The SMILES string of the molecule is CCCCCCCCCCCCCC[C@H]1OS(=O)(=O)O[C@H]1[C@H](CO[Si](c1ccccc1)(c1ccccc1)C(C)(C)C)NC(=O)C(F)(F)F. The van der Waals surface area contributed by atoms with Gasteiger partial charge in [-0.15, -0.1) is 0 Å². The van der Waals surface area contributed by atoms with Crippen LogP contribution in [0.25, 0.3) is 0 Å². The maximum absolute atomic E-state index is 13.6. The minimum absolute atomic E-state index is 0.249. The number of unbranched alkanes of at least 4 members (excludes halogenated alkanes) is 11. The van der Waals surface area contributed by atoms with Gasteiger partial charge >= 0.3 is 22.5 Å². The predicted molar refractivity (Wildman–Crippen MR) is 186 cm³/mol. The molecule has 1 aliphatic heterocycles. The molecule has 3 atom stereocenters. The van der Waals surface area contributed by atoms with Gasteiger partial charge in [0.05, 0.1) is 12.6 Å². The zero-order chi connectivity index (χ0) is 35.3. The van der Waals surface area contributed by atoms with Gasteiger partial charge in [-0.2, -0.15) is 21.6 Å². The lowest BCUT2D eigenvalue weighted by atomic mass is 9.99. The van der Waals surface area contributed by atoms with Crippen LogP contribution in [0.3, 0.4) is 0 Å². The standard InChI is InChI=1S/C36H54F3NO6SSi/c1-5-6-7-8-9-10-11-12-13-14-15-22-27-32-33(46-47(42,43)45-32)31(40-34(41)36(37,38)39)28-44-48(35(2,3)4,29-23-18-16-19-24-29)30-25-20-17-21-26-30/h16-21,23-26,31-33H,5-15,22,27-28H2,1-4H3,(H,40,41)/t31-,32+,33-/m0/s1. The molecule has 0 radical (unpaired) electrons. The lowest BCUT2D eigenvalue weighted by molar-refractivity contribution is -0.175. The number of carbonyl (C=O) groups excluding carboxylic acids is 1. The fourth-order valence-electron chi connectivity index (χ4n) is 6.60. The van der Waals surface area contributed by atoms with Crippen molar-refractivity contribution in [2.24, 2.45) is 0 Å². The summed E-state index contributed by atoms with van der Waals surface area (Å²) in [6, 6.07) is 17.5. The summed E-state index contributed by atoms with van der Waals surface area (Å²) in [5.74, 6) is -2.20. The van der Waals surface area contributed by atoms with E-state index in [-0.39, 0.29) is 6.42 Å². The second-order valence-corrected chi connectivity index (χ2v) is 19.3. The van der Waals surface area contributed by atoms with Crippen molar-refractivity contribution < 1.29 is 39.2 Å². The van der Waals surface area contributed by atoms with Crippen molar-refractivity contribution in [3.63, 3.8) is 0 Å². The van der Waals surface area contributed by atoms with Gasteiger partial charge in [0.15, 0.2) is 0 Å². The lowest BCUT2D eigenvalue weighted by Crippen LogP contribution is -2.68. The van der Waals surface area contributed by atoms with Gasteiger partial charge in [0.25, 0.3) is 8.32 Å². The monoisotopic (exact) mass is 713 g/mol. The smallest absolute Gasteiger partial charge is 0.405 e. The number of alkyl halides is 3. The Balaban J connectivity index is 1.76. The van der Waals surface area contributed by atoms with Crippen molar-refractivity contribution in [3.8, 4) is 0 Å². The molecule has 12 heteroatoms. The highest BCUT2D eigenvalue weighted by atomic mass is 32.3. The molecule has 0 unspecified atom stereocenters. The molecule has 1 heterocycles. The summed E-state index contributed by atoms with van der Waals surface area (Å²) in [5, 5.41) is 3.26. The number of hydrogen-bond acceptors (Lipinski definition) is 6. The molecule has 3 rings (SSSR count). The van der Waals surface area contributed by atoms with E-state index in [4.69, 9.17) is 12.8 Å². The first-order valence-electron chi connectivity index (χ1n) is 17.5. The van der Waals surface area contributed by atoms with E-state index in [2.05, 4.69) is 6.92 Å². The largest absolute Gasteiger partial charge is 0.471 e. The van der Waals surface area contributed by atoms with Crippen LogP contribution in [0.15, 0.2) is 60.7 Å². The van der Waals surface area contributed by atoms with Crippen molar-refractivity contribution in [1.29, 1.82) is 0 Å². The Kier molecular flexibility index (Phi) is 15.6. The summed E-state index contributed by atoms with van der Waals surface area (Å²) in [7, 11) is -7.75. The summed E-state index contributed by atoms with van der Waals surface area (Å²) in [4.78, 5) is 12.3. The van der Waals surface area contributed by atoms with E-state index in [1.165, 1.54) is 44.9 Å². The van der Waals surface area contributed by atoms with Crippen molar-refractivity contribution in [3.05, 3.63) is 60.7 Å². The number of rotatable bonds is 20. The van der Waals surface area contributed by atoms with E-state index in [9.17, 15) is 26.4 Å². The second kappa shape index (κ2) is 18.7. The van der Waals surface area contributed by atoms with Crippen LogP contribution in [0.5, 0.6) is 0 Å². The van der Waals surface area contributed by atoms with Gasteiger partial charge in [0, 0.05) is 0 Å². The van der Waals surface area contributed by atoms with Gasteiger partial charge in [-0.3, -0.25) is 4.79 Å². The summed E-state index contributed by atoms with van der Waals surface area (Å²) in [5.41, 5.74) is 0. The molecule has 1 saturated heterocycles. The normalized spacial score (nSPS) is 18.9. The van der Waals surface area contributed by atoms with Crippen LogP contribution in [0.1, 0.15) is 111 Å². The Bertz CT molecular complexity index is 1300. The van der Waals surface area contributed by atoms with Crippen molar-refractivity contribution in [1.82, 2.24) is 5.32 Å². The number of nitrogens with one attached hydrogen (secondary N) is 1. The molecular formula is C36H54F3NO6SSi. The average Bonchev–Trinajstić information content (AvgIpc) is 3.34. The fourth-order valence-corrected chi connectivity index (χ4v) is 12.3. The molecule has 0 aromatic heterocycles. The van der Waals surface area contributed by atoms with Crippen molar-refractivity contribution in [2.45, 2.75) is 141 Å². The van der Waals surface area contributed by atoms with E-state index in [1.807, 2.05) is 86.8 Å². The van der Waals surface area contributed by atoms with Gasteiger partial charge in [0.1, 0.15) is 12.2 Å². The summed E-state index contributed by atoms with van der Waals surface area (Å²) in [6.45, 7) is 7.82. The lowest BCUT2D eigenvalue weighted by Gasteiger charge is -2.44. The Hall–Kier alpha value is -2.25. The Labute approximate surface area is 286 Å². The van der Waals surface area contributed by atoms with Crippen LogP contribution in [0, 0.1) is 0 Å². The minimum Gasteiger partial charge on any atom is -0.405 e. The van der Waals surface area contributed by atoms with E-state index in [1.54, 1.807) is 0 Å². The molecule has 0 spiro atoms. The van der Waals surface area contributed by atoms with Crippen LogP contribution in [0.2, 0.25) is 5.04 Å². The highest BCUT2D eigenvalue weighted by Crippen LogP contribution is 2.37. The first-order chi connectivity index (χ1) is 22.7. The second-order valence-electron chi connectivity index (χ2n) is 13.8. The molecule has 0 saturated carbocycles. The third kappa shape index (κ3) is 11.7. The third-order valence-electron chi connectivity index (χ3n) is 9.05. The van der Waals surface area contributed by atoms with Crippen LogP contribution in [-0.4, -0.2) is 53.7 Å². The molecule has 0 bridgehead atoms. The summed E-state index contributed by atoms with van der Waals surface area (Å²) < 4.78 is 83.1. The van der Waals surface area contributed by atoms with Crippen LogP contribution >= 0.6 is 0 Å². The summed E-state index contributed by atoms with van der Waals surface area (Å²) >= 11 is 0. The molecular weight excluding hydrogens is 660 g/mol. The maximum atomic E-state index is 13.6. The molecule has 270 valence electrons. The molecule has 1 amide bonds. The Morgan fingerprint density at radius 2 is 1.25 bits per heavy atom. The van der Waals surface area contributed by atoms with Crippen molar-refractivity contribution in [2.75, 3.05) is 6.61 Å². The van der Waals surface area contributed by atoms with Gasteiger partial charge in [-0.05, 0) is 21.8 Å². The van der Waals surface area contributed by atoms with E-state index >= 15 is 0 Å². The van der Waals surface area contributed by atoms with Gasteiger partial charge in [-0.25, -0.2) is 8.37 Å². The van der Waals surface area contributed by atoms with E-state index in [0.717, 1.165) is 36.1 Å². The van der Waals surface area contributed by atoms with Gasteiger partial charge in [-0.1, -0.05) is 165 Å². The van der Waals surface area contributed by atoms with Gasteiger partial charge in [0.2, 0.25) is 0 Å². The first kappa shape index (κ1) is 40.2. The van der Waals surface area contributed by atoms with E-state index < -0.39 is 60.7 Å². The highest BCUT2D eigenvalue weighted by molar-refractivity contribution is 7.82. The van der Waals surface area contributed by atoms with Crippen molar-refractivity contribution >= 4 is 35.0 Å². The number of amides is 1. The fraction of sp³-hybridized carbons (Fsp3) is 0.639. The number of carbonyl (C=O) groups is 1. The van der Waals surface area contributed by atoms with Gasteiger partial charge < -0.3 is 9.74 Å². The zero-order valence-corrected chi connectivity index (χ0v) is 30.7. The maximum Gasteiger partial charge on any atom is 0.471 e. The molecule has 2 aromatic rings. The zero-order valence-electron chi connectivity index (χ0n) is 28.9. The number of halogens is 3. The third-order valence-corrected chi connectivity index (χ3v) is 15.0. The number of benzene rings is 2. The molecule has 48 heavy (non-hydrogen) atoms. The molecule has 7 nitrogen and oxygen atoms in total. The molecule has 2 aromatic carbocycles. The topological polar surface area (TPSA) is 90.9 Å². The molecule has 1 N–H and O–H groups in total. The molecule has 1 aliphatic rings. The minimum atomic E-state index is -5.20.